The molecule has 0 spiro atoms. The predicted octanol–water partition coefficient (Wildman–Crippen LogP) is 2.95. The molecule has 0 amide bonds. The van der Waals surface area contributed by atoms with Crippen LogP contribution in [0, 0.1) is 16.7 Å². The Kier molecular flexibility index (Phi) is 4.99. The summed E-state index contributed by atoms with van der Waals surface area (Å²) >= 11 is 0. The molecule has 0 aromatic rings. The fourth-order valence-electron chi connectivity index (χ4n) is 3.50. The Labute approximate surface area is 115 Å². The maximum absolute atomic E-state index is 12.3. The summed E-state index contributed by atoms with van der Waals surface area (Å²) in [4.78, 5) is 24.7. The van der Waals surface area contributed by atoms with Gasteiger partial charge < -0.3 is 9.47 Å². The molecule has 1 aliphatic rings. The van der Waals surface area contributed by atoms with Gasteiger partial charge >= 0.3 is 11.9 Å². The standard InChI is InChI=1S/C15H26O4/c1-6-18-12(16)15(13(17)19-7-2)9-11(3)8-14(4,5)10-15/h11H,6-10H2,1-5H3. The summed E-state index contributed by atoms with van der Waals surface area (Å²) in [6, 6.07) is 0. The Morgan fingerprint density at radius 3 is 1.89 bits per heavy atom. The van der Waals surface area contributed by atoms with Gasteiger partial charge in [-0.1, -0.05) is 20.8 Å². The topological polar surface area (TPSA) is 52.6 Å². The van der Waals surface area contributed by atoms with Gasteiger partial charge in [0.1, 0.15) is 0 Å². The highest BCUT2D eigenvalue weighted by Crippen LogP contribution is 2.50. The lowest BCUT2D eigenvalue weighted by Gasteiger charge is -2.44. The average Bonchev–Trinajstić information content (AvgIpc) is 2.26. The van der Waals surface area contributed by atoms with Crippen molar-refractivity contribution in [3.8, 4) is 0 Å². The van der Waals surface area contributed by atoms with E-state index in [9.17, 15) is 9.59 Å². The van der Waals surface area contributed by atoms with Gasteiger partial charge in [-0.2, -0.15) is 0 Å². The summed E-state index contributed by atoms with van der Waals surface area (Å²) in [5, 5.41) is 0. The molecule has 0 bridgehead atoms. The van der Waals surface area contributed by atoms with E-state index in [0.717, 1.165) is 6.42 Å². The van der Waals surface area contributed by atoms with Crippen molar-refractivity contribution in [2.24, 2.45) is 16.7 Å². The largest absolute Gasteiger partial charge is 0.465 e. The molecule has 0 aliphatic heterocycles. The Morgan fingerprint density at radius 2 is 1.53 bits per heavy atom. The maximum Gasteiger partial charge on any atom is 0.323 e. The minimum atomic E-state index is -1.12. The van der Waals surface area contributed by atoms with Gasteiger partial charge in [0, 0.05) is 0 Å². The molecule has 4 heteroatoms. The van der Waals surface area contributed by atoms with E-state index >= 15 is 0 Å². The smallest absolute Gasteiger partial charge is 0.323 e. The molecule has 1 rings (SSSR count). The highest BCUT2D eigenvalue weighted by Gasteiger charge is 2.55. The third-order valence-electron chi connectivity index (χ3n) is 3.71. The van der Waals surface area contributed by atoms with Crippen LogP contribution in [0.4, 0.5) is 0 Å². The highest BCUT2D eigenvalue weighted by atomic mass is 16.6. The Hall–Kier alpha value is -1.06. The van der Waals surface area contributed by atoms with Crippen molar-refractivity contribution < 1.29 is 19.1 Å². The van der Waals surface area contributed by atoms with Crippen LogP contribution in [-0.4, -0.2) is 25.2 Å². The van der Waals surface area contributed by atoms with Crippen LogP contribution in [0.5, 0.6) is 0 Å². The van der Waals surface area contributed by atoms with Crippen molar-refractivity contribution in [1.82, 2.24) is 0 Å². The number of hydrogen-bond donors (Lipinski definition) is 0. The first kappa shape index (κ1) is 16.0. The van der Waals surface area contributed by atoms with E-state index in [1.54, 1.807) is 13.8 Å². The van der Waals surface area contributed by atoms with E-state index in [4.69, 9.17) is 9.47 Å². The fourth-order valence-corrected chi connectivity index (χ4v) is 3.50. The molecule has 0 N–H and O–H groups in total. The molecule has 19 heavy (non-hydrogen) atoms. The third kappa shape index (κ3) is 3.48. The minimum Gasteiger partial charge on any atom is -0.465 e. The second-order valence-electron chi connectivity index (χ2n) is 6.38. The van der Waals surface area contributed by atoms with E-state index in [0.29, 0.717) is 18.8 Å². The molecule has 0 aromatic heterocycles. The summed E-state index contributed by atoms with van der Waals surface area (Å²) < 4.78 is 10.3. The van der Waals surface area contributed by atoms with Crippen molar-refractivity contribution in [1.29, 1.82) is 0 Å². The molecule has 110 valence electrons. The molecule has 0 heterocycles. The van der Waals surface area contributed by atoms with Gasteiger partial charge in [-0.25, -0.2) is 0 Å². The number of esters is 2. The van der Waals surface area contributed by atoms with Gasteiger partial charge in [-0.05, 0) is 44.4 Å². The van der Waals surface area contributed by atoms with Gasteiger partial charge in [0.2, 0.25) is 0 Å². The lowest BCUT2D eigenvalue weighted by atomic mass is 9.60. The Morgan fingerprint density at radius 1 is 1.05 bits per heavy atom. The van der Waals surface area contributed by atoms with Crippen LogP contribution in [0.2, 0.25) is 0 Å². The van der Waals surface area contributed by atoms with Crippen LogP contribution in [0.15, 0.2) is 0 Å². The molecular weight excluding hydrogens is 244 g/mol. The molecule has 1 aliphatic carbocycles. The van der Waals surface area contributed by atoms with Gasteiger partial charge in [-0.15, -0.1) is 0 Å². The molecule has 1 fully saturated rings. The van der Waals surface area contributed by atoms with Crippen molar-refractivity contribution in [2.45, 2.75) is 53.9 Å². The number of hydrogen-bond acceptors (Lipinski definition) is 4. The monoisotopic (exact) mass is 270 g/mol. The maximum atomic E-state index is 12.3. The lowest BCUT2D eigenvalue weighted by molar-refractivity contribution is -0.179. The molecular formula is C15H26O4. The average molecular weight is 270 g/mol. The normalized spacial score (nSPS) is 24.6. The zero-order valence-corrected chi connectivity index (χ0v) is 12.7. The highest BCUT2D eigenvalue weighted by molar-refractivity contribution is 6.00. The van der Waals surface area contributed by atoms with Gasteiger partial charge in [0.05, 0.1) is 13.2 Å². The molecule has 1 unspecified atom stereocenters. The summed E-state index contributed by atoms with van der Waals surface area (Å²) in [6.07, 6.45) is 2.03. The van der Waals surface area contributed by atoms with Gasteiger partial charge in [-0.3, -0.25) is 9.59 Å². The van der Waals surface area contributed by atoms with Gasteiger partial charge in [0.15, 0.2) is 5.41 Å². The number of carbonyl (C=O) groups excluding carboxylic acids is 2. The second-order valence-corrected chi connectivity index (χ2v) is 6.38. The Bertz CT molecular complexity index is 328. The summed E-state index contributed by atoms with van der Waals surface area (Å²) in [5.74, 6) is -0.543. The van der Waals surface area contributed by atoms with E-state index in [-0.39, 0.29) is 18.6 Å². The second kappa shape index (κ2) is 5.93. The first-order valence-electron chi connectivity index (χ1n) is 7.12. The molecule has 1 atom stereocenters. The van der Waals surface area contributed by atoms with Crippen LogP contribution in [0.1, 0.15) is 53.9 Å². The van der Waals surface area contributed by atoms with E-state index < -0.39 is 17.4 Å². The minimum absolute atomic E-state index is 0.0583. The number of ether oxygens (including phenoxy) is 2. The summed E-state index contributed by atoms with van der Waals surface area (Å²) in [7, 11) is 0. The van der Waals surface area contributed by atoms with Crippen molar-refractivity contribution >= 4 is 11.9 Å². The molecule has 0 aromatic carbocycles. The summed E-state index contributed by atoms with van der Waals surface area (Å²) in [5.41, 5.74) is -1.18. The molecule has 0 saturated heterocycles. The molecule has 1 saturated carbocycles. The van der Waals surface area contributed by atoms with Crippen molar-refractivity contribution in [3.05, 3.63) is 0 Å². The quantitative estimate of drug-likeness (QED) is 0.582. The zero-order chi connectivity index (χ0) is 14.7. The van der Waals surface area contributed by atoms with Crippen LogP contribution < -0.4 is 0 Å². The Balaban J connectivity index is 3.10. The van der Waals surface area contributed by atoms with Crippen molar-refractivity contribution in [2.75, 3.05) is 13.2 Å². The third-order valence-corrected chi connectivity index (χ3v) is 3.71. The summed E-state index contributed by atoms with van der Waals surface area (Å²) in [6.45, 7) is 10.4. The van der Waals surface area contributed by atoms with Crippen LogP contribution in [0.25, 0.3) is 0 Å². The molecule has 4 nitrogen and oxygen atoms in total. The number of rotatable bonds is 4. The van der Waals surface area contributed by atoms with Crippen LogP contribution in [0.3, 0.4) is 0 Å². The SMILES string of the molecule is CCOC(=O)C1(C(=O)OCC)CC(C)CC(C)(C)C1. The predicted molar refractivity (Wildman–Crippen MR) is 72.5 cm³/mol. The molecule has 0 radical (unpaired) electrons. The van der Waals surface area contributed by atoms with Crippen molar-refractivity contribution in [3.63, 3.8) is 0 Å². The number of carbonyl (C=O) groups is 2. The first-order chi connectivity index (χ1) is 8.77. The first-order valence-corrected chi connectivity index (χ1v) is 7.12. The zero-order valence-electron chi connectivity index (χ0n) is 12.7. The van der Waals surface area contributed by atoms with Gasteiger partial charge in [0.25, 0.3) is 0 Å². The van der Waals surface area contributed by atoms with E-state index in [2.05, 4.69) is 20.8 Å². The van der Waals surface area contributed by atoms with Crippen LogP contribution >= 0.6 is 0 Å². The van der Waals surface area contributed by atoms with E-state index in [1.807, 2.05) is 0 Å². The van der Waals surface area contributed by atoms with E-state index in [1.165, 1.54) is 0 Å². The fraction of sp³-hybridized carbons (Fsp3) is 0.867. The van der Waals surface area contributed by atoms with Crippen LogP contribution in [-0.2, 0) is 19.1 Å². The lowest BCUT2D eigenvalue weighted by Crippen LogP contribution is -2.49.